The third kappa shape index (κ3) is 5.13. The number of anilines is 1. The number of benzene rings is 2. The number of carbonyl (C=O) groups is 2. The van der Waals surface area contributed by atoms with Crippen LogP contribution in [0.3, 0.4) is 0 Å². The standard InChI is InChI=1S/C29H31ClFN5O5/c1-40-17-24(37)34-10-12-35(13-11-34)26-21(31)15-19-25-28(26)41-23-14-18(30)4-5-22(23)36(25)16-20(27(19)38)29(39)32-6-9-33-7-2-3-8-33/h4-5,14-16H,2-3,6-13,17H2,1H3,(H,32,39). The van der Waals surface area contributed by atoms with E-state index in [1.165, 1.54) is 19.4 Å². The van der Waals surface area contributed by atoms with Gasteiger partial charge in [-0.25, -0.2) is 4.39 Å². The highest BCUT2D eigenvalue weighted by molar-refractivity contribution is 6.30. The van der Waals surface area contributed by atoms with Gasteiger partial charge in [0.2, 0.25) is 11.3 Å². The quantitative estimate of drug-likeness (QED) is 0.357. The molecule has 4 heterocycles. The SMILES string of the molecule is COCC(=O)N1CCN(c2c(F)cc3c(=O)c(C(=O)NCCN4CCCC4)cn4c3c2Oc2cc(Cl)ccc2-4)CC1. The number of fused-ring (bicyclic) bond motifs is 2. The Morgan fingerprint density at radius 3 is 2.59 bits per heavy atom. The van der Waals surface area contributed by atoms with Gasteiger partial charge in [-0.05, 0) is 44.1 Å². The topological polar surface area (TPSA) is 96.4 Å². The molecule has 216 valence electrons. The lowest BCUT2D eigenvalue weighted by atomic mass is 10.0. The second-order valence-electron chi connectivity index (χ2n) is 10.5. The second kappa shape index (κ2) is 11.3. The molecule has 0 aliphatic carbocycles. The Bertz CT molecular complexity index is 1580. The molecular formula is C29H31ClFN5O5. The molecule has 1 N–H and O–H groups in total. The molecule has 3 aromatic rings. The normalized spacial score (nSPS) is 16.6. The molecule has 6 rings (SSSR count). The molecular weight excluding hydrogens is 553 g/mol. The number of methoxy groups -OCH3 is 1. The summed E-state index contributed by atoms with van der Waals surface area (Å²) in [4.78, 5) is 44.9. The van der Waals surface area contributed by atoms with Gasteiger partial charge in [0, 0.05) is 63.7 Å². The molecule has 12 heteroatoms. The Kier molecular flexibility index (Phi) is 7.58. The molecule has 1 aromatic heterocycles. The first-order chi connectivity index (χ1) is 19.9. The van der Waals surface area contributed by atoms with Crippen molar-refractivity contribution in [2.24, 2.45) is 0 Å². The Morgan fingerprint density at radius 1 is 1.10 bits per heavy atom. The fourth-order valence-electron chi connectivity index (χ4n) is 5.86. The van der Waals surface area contributed by atoms with Crippen molar-refractivity contribution in [3.05, 3.63) is 57.1 Å². The van der Waals surface area contributed by atoms with Crippen LogP contribution in [0.4, 0.5) is 10.1 Å². The van der Waals surface area contributed by atoms with Crippen LogP contribution in [0.5, 0.6) is 11.5 Å². The molecule has 10 nitrogen and oxygen atoms in total. The zero-order chi connectivity index (χ0) is 28.7. The highest BCUT2D eigenvalue weighted by Gasteiger charge is 2.32. The maximum absolute atomic E-state index is 15.9. The minimum atomic E-state index is -0.648. The first-order valence-electron chi connectivity index (χ1n) is 13.8. The lowest BCUT2D eigenvalue weighted by molar-refractivity contribution is -0.135. The number of hydrogen-bond donors (Lipinski definition) is 1. The Labute approximate surface area is 241 Å². The molecule has 0 unspecified atom stereocenters. The lowest BCUT2D eigenvalue weighted by Gasteiger charge is -2.37. The predicted molar refractivity (Wildman–Crippen MR) is 153 cm³/mol. The van der Waals surface area contributed by atoms with Gasteiger partial charge in [-0.3, -0.25) is 14.4 Å². The van der Waals surface area contributed by atoms with E-state index < -0.39 is 17.2 Å². The Hall–Kier alpha value is -3.67. The summed E-state index contributed by atoms with van der Waals surface area (Å²) < 4.78 is 28.8. The van der Waals surface area contributed by atoms with E-state index in [0.717, 1.165) is 25.9 Å². The van der Waals surface area contributed by atoms with Crippen LogP contribution >= 0.6 is 11.6 Å². The average Bonchev–Trinajstić information content (AvgIpc) is 3.48. The fraction of sp³-hybridized carbons (Fsp3) is 0.414. The minimum Gasteiger partial charge on any atom is -0.451 e. The van der Waals surface area contributed by atoms with Crippen LogP contribution in [-0.2, 0) is 9.53 Å². The first-order valence-corrected chi connectivity index (χ1v) is 14.2. The molecule has 2 saturated heterocycles. The van der Waals surface area contributed by atoms with Gasteiger partial charge >= 0.3 is 0 Å². The molecule has 0 bridgehead atoms. The van der Waals surface area contributed by atoms with Gasteiger partial charge in [0.1, 0.15) is 23.4 Å². The van der Waals surface area contributed by atoms with Gasteiger partial charge in [0.05, 0.1) is 11.1 Å². The number of rotatable bonds is 7. The number of amides is 2. The maximum Gasteiger partial charge on any atom is 0.256 e. The molecule has 0 radical (unpaired) electrons. The van der Waals surface area contributed by atoms with Crippen LogP contribution in [0.25, 0.3) is 16.6 Å². The van der Waals surface area contributed by atoms with Crippen molar-refractivity contribution in [2.75, 3.05) is 71.0 Å². The average molecular weight is 584 g/mol. The zero-order valence-electron chi connectivity index (χ0n) is 22.8. The first kappa shape index (κ1) is 27.5. The van der Waals surface area contributed by atoms with Crippen molar-refractivity contribution in [1.82, 2.24) is 19.7 Å². The summed E-state index contributed by atoms with van der Waals surface area (Å²) in [5.41, 5.74) is 0.485. The third-order valence-corrected chi connectivity index (χ3v) is 8.17. The molecule has 3 aliphatic heterocycles. The van der Waals surface area contributed by atoms with Crippen molar-refractivity contribution in [1.29, 1.82) is 0 Å². The smallest absolute Gasteiger partial charge is 0.256 e. The van der Waals surface area contributed by atoms with E-state index in [4.69, 9.17) is 21.1 Å². The summed E-state index contributed by atoms with van der Waals surface area (Å²) >= 11 is 6.28. The number of ether oxygens (including phenoxy) is 2. The molecule has 2 amide bonds. The van der Waals surface area contributed by atoms with Crippen LogP contribution in [0, 0.1) is 5.82 Å². The van der Waals surface area contributed by atoms with Crippen molar-refractivity contribution in [3.63, 3.8) is 0 Å². The van der Waals surface area contributed by atoms with Gasteiger partial charge in [0.15, 0.2) is 17.3 Å². The number of nitrogens with zero attached hydrogens (tertiary/aromatic N) is 4. The van der Waals surface area contributed by atoms with Gasteiger partial charge in [-0.1, -0.05) is 11.6 Å². The number of hydrogen-bond acceptors (Lipinski definition) is 7. The van der Waals surface area contributed by atoms with Gasteiger partial charge < -0.3 is 34.1 Å². The lowest BCUT2D eigenvalue weighted by Crippen LogP contribution is -2.50. The van der Waals surface area contributed by atoms with Crippen LogP contribution in [0.1, 0.15) is 23.2 Å². The fourth-order valence-corrected chi connectivity index (χ4v) is 6.02. The molecule has 2 aromatic carbocycles. The summed E-state index contributed by atoms with van der Waals surface area (Å²) in [5, 5.41) is 3.33. The zero-order valence-corrected chi connectivity index (χ0v) is 23.5. The number of aromatic nitrogens is 1. The summed E-state index contributed by atoms with van der Waals surface area (Å²) in [6.07, 6.45) is 3.79. The van der Waals surface area contributed by atoms with Crippen LogP contribution in [0.15, 0.2) is 35.3 Å². The van der Waals surface area contributed by atoms with Crippen molar-refractivity contribution >= 4 is 40.0 Å². The van der Waals surface area contributed by atoms with E-state index in [1.807, 2.05) is 4.90 Å². The number of halogens is 2. The van der Waals surface area contributed by atoms with Gasteiger partial charge in [-0.15, -0.1) is 0 Å². The van der Waals surface area contributed by atoms with Gasteiger partial charge in [-0.2, -0.15) is 0 Å². The highest BCUT2D eigenvalue weighted by Crippen LogP contribution is 2.47. The minimum absolute atomic E-state index is 0.0172. The van der Waals surface area contributed by atoms with Crippen molar-refractivity contribution in [2.45, 2.75) is 12.8 Å². The summed E-state index contributed by atoms with van der Waals surface area (Å²) in [7, 11) is 1.47. The molecule has 0 saturated carbocycles. The summed E-state index contributed by atoms with van der Waals surface area (Å²) in [5.74, 6) is -0.748. The van der Waals surface area contributed by atoms with Crippen molar-refractivity contribution in [3.8, 4) is 17.2 Å². The Morgan fingerprint density at radius 2 is 1.85 bits per heavy atom. The Balaban J connectivity index is 1.40. The molecule has 2 fully saturated rings. The second-order valence-corrected chi connectivity index (χ2v) is 10.9. The number of piperazine rings is 1. The monoisotopic (exact) mass is 583 g/mol. The van der Waals surface area contributed by atoms with E-state index in [9.17, 15) is 14.4 Å². The van der Waals surface area contributed by atoms with Crippen molar-refractivity contribution < 1.29 is 23.5 Å². The largest absolute Gasteiger partial charge is 0.451 e. The predicted octanol–water partition coefficient (Wildman–Crippen LogP) is 3.01. The third-order valence-electron chi connectivity index (χ3n) is 7.94. The van der Waals surface area contributed by atoms with Crippen LogP contribution in [-0.4, -0.2) is 92.3 Å². The summed E-state index contributed by atoms with van der Waals surface area (Å²) in [6, 6.07) is 6.23. The molecule has 0 spiro atoms. The van der Waals surface area contributed by atoms with E-state index in [2.05, 4.69) is 10.2 Å². The van der Waals surface area contributed by atoms with Crippen LogP contribution in [0.2, 0.25) is 5.02 Å². The van der Waals surface area contributed by atoms with Gasteiger partial charge in [0.25, 0.3) is 5.91 Å². The number of likely N-dealkylation sites (tertiary alicyclic amines) is 1. The molecule has 0 atom stereocenters. The van der Waals surface area contributed by atoms with E-state index in [0.29, 0.717) is 61.2 Å². The van der Waals surface area contributed by atoms with E-state index in [1.54, 1.807) is 27.7 Å². The maximum atomic E-state index is 15.9. The van der Waals surface area contributed by atoms with Crippen LogP contribution < -0.4 is 20.4 Å². The van der Waals surface area contributed by atoms with E-state index >= 15 is 4.39 Å². The number of carbonyl (C=O) groups excluding carboxylic acids is 2. The number of nitrogens with one attached hydrogen (secondary N) is 1. The number of pyridine rings is 1. The molecule has 3 aliphatic rings. The van der Waals surface area contributed by atoms with E-state index in [-0.39, 0.29) is 34.9 Å². The summed E-state index contributed by atoms with van der Waals surface area (Å²) in [6.45, 7) is 4.57. The highest BCUT2D eigenvalue weighted by atomic mass is 35.5. The molecule has 41 heavy (non-hydrogen) atoms.